The van der Waals surface area contributed by atoms with Gasteiger partial charge in [0.2, 0.25) is 5.91 Å². The molecule has 0 aliphatic rings. The van der Waals surface area contributed by atoms with Crippen LogP contribution in [0.15, 0.2) is 30.3 Å². The van der Waals surface area contributed by atoms with Gasteiger partial charge >= 0.3 is 0 Å². The molecule has 0 aliphatic carbocycles. The molecule has 0 spiro atoms. The first-order valence-electron chi connectivity index (χ1n) is 5.97. The van der Waals surface area contributed by atoms with Gasteiger partial charge in [-0.05, 0) is 44.0 Å². The summed E-state index contributed by atoms with van der Waals surface area (Å²) in [6.07, 6.45) is 4.08. The van der Waals surface area contributed by atoms with Crippen LogP contribution in [0.5, 0.6) is 0 Å². The second kappa shape index (κ2) is 6.02. The summed E-state index contributed by atoms with van der Waals surface area (Å²) < 4.78 is 0. The first-order chi connectivity index (χ1) is 8.46. The number of amides is 1. The van der Waals surface area contributed by atoms with E-state index in [0.29, 0.717) is 5.56 Å². The fourth-order valence-electron chi connectivity index (χ4n) is 1.35. The summed E-state index contributed by atoms with van der Waals surface area (Å²) >= 11 is 0. The maximum absolute atomic E-state index is 11.7. The molecule has 0 aliphatic heterocycles. The average molecular weight is 242 g/mol. The van der Waals surface area contributed by atoms with Crippen LogP contribution in [0.1, 0.15) is 38.3 Å². The Morgan fingerprint density at radius 3 is 2.83 bits per heavy atom. The van der Waals surface area contributed by atoms with Crippen LogP contribution in [-0.2, 0) is 4.79 Å². The third-order valence-electron chi connectivity index (χ3n) is 2.79. The van der Waals surface area contributed by atoms with Gasteiger partial charge < -0.3 is 5.32 Å². The van der Waals surface area contributed by atoms with Crippen LogP contribution in [0.2, 0.25) is 0 Å². The molecule has 94 valence electrons. The highest BCUT2D eigenvalue weighted by Crippen LogP contribution is 2.08. The van der Waals surface area contributed by atoms with E-state index in [1.165, 1.54) is 6.08 Å². The fourth-order valence-corrected chi connectivity index (χ4v) is 1.35. The third kappa shape index (κ3) is 4.42. The van der Waals surface area contributed by atoms with E-state index < -0.39 is 0 Å². The number of benzene rings is 1. The lowest BCUT2D eigenvalue weighted by atomic mass is 10.0. The number of rotatable bonds is 4. The maximum Gasteiger partial charge on any atom is 0.244 e. The molecule has 18 heavy (non-hydrogen) atoms. The van der Waals surface area contributed by atoms with Gasteiger partial charge in [0.25, 0.3) is 0 Å². The van der Waals surface area contributed by atoms with Crippen molar-refractivity contribution in [3.8, 4) is 6.07 Å². The van der Waals surface area contributed by atoms with E-state index >= 15 is 0 Å². The van der Waals surface area contributed by atoms with Crippen LogP contribution in [0.3, 0.4) is 0 Å². The minimum absolute atomic E-state index is 0.121. The Labute approximate surface area is 108 Å². The Morgan fingerprint density at radius 1 is 1.50 bits per heavy atom. The Kier molecular flexibility index (Phi) is 4.67. The third-order valence-corrected chi connectivity index (χ3v) is 2.79. The highest BCUT2D eigenvalue weighted by Gasteiger charge is 2.15. The van der Waals surface area contributed by atoms with E-state index in [2.05, 4.69) is 11.4 Å². The number of carbonyl (C=O) groups excluding carboxylic acids is 1. The molecule has 0 radical (unpaired) electrons. The van der Waals surface area contributed by atoms with E-state index in [4.69, 9.17) is 5.26 Å². The summed E-state index contributed by atoms with van der Waals surface area (Å²) in [5.41, 5.74) is 1.24. The Hall–Kier alpha value is -2.08. The SMILES string of the molecule is CCC(C)(C)NC(=O)C=Cc1cccc(C#N)c1. The average Bonchev–Trinajstić information content (AvgIpc) is 2.36. The van der Waals surface area contributed by atoms with Crippen LogP contribution < -0.4 is 5.32 Å². The zero-order valence-corrected chi connectivity index (χ0v) is 11.0. The van der Waals surface area contributed by atoms with Crippen molar-refractivity contribution in [1.82, 2.24) is 5.32 Å². The second-order valence-corrected chi connectivity index (χ2v) is 4.80. The minimum atomic E-state index is -0.198. The van der Waals surface area contributed by atoms with Crippen molar-refractivity contribution in [2.45, 2.75) is 32.7 Å². The van der Waals surface area contributed by atoms with Crippen molar-refractivity contribution in [2.75, 3.05) is 0 Å². The van der Waals surface area contributed by atoms with E-state index in [1.54, 1.807) is 24.3 Å². The quantitative estimate of drug-likeness (QED) is 0.825. The summed E-state index contributed by atoms with van der Waals surface area (Å²) in [7, 11) is 0. The molecule has 1 aromatic carbocycles. The lowest BCUT2D eigenvalue weighted by molar-refractivity contribution is -0.117. The molecule has 0 aromatic heterocycles. The topological polar surface area (TPSA) is 52.9 Å². The molecule has 1 N–H and O–H groups in total. The maximum atomic E-state index is 11.7. The van der Waals surface area contributed by atoms with Crippen molar-refractivity contribution in [3.63, 3.8) is 0 Å². The van der Waals surface area contributed by atoms with E-state index in [1.807, 2.05) is 26.8 Å². The largest absolute Gasteiger partial charge is 0.348 e. The van der Waals surface area contributed by atoms with Crippen molar-refractivity contribution >= 4 is 12.0 Å². The van der Waals surface area contributed by atoms with Crippen LogP contribution in [0.4, 0.5) is 0 Å². The van der Waals surface area contributed by atoms with Crippen molar-refractivity contribution in [3.05, 3.63) is 41.5 Å². The number of hydrogen-bond donors (Lipinski definition) is 1. The zero-order chi connectivity index (χ0) is 13.6. The summed E-state index contributed by atoms with van der Waals surface area (Å²) in [6, 6.07) is 9.20. The number of hydrogen-bond acceptors (Lipinski definition) is 2. The van der Waals surface area contributed by atoms with Crippen LogP contribution in [0.25, 0.3) is 6.08 Å². The molecule has 0 heterocycles. The van der Waals surface area contributed by atoms with Crippen LogP contribution in [0, 0.1) is 11.3 Å². The molecule has 0 unspecified atom stereocenters. The predicted octanol–water partition coefficient (Wildman–Crippen LogP) is 2.88. The molecule has 0 atom stereocenters. The van der Waals surface area contributed by atoms with E-state index in [-0.39, 0.29) is 11.4 Å². The molecule has 0 saturated heterocycles. The molecule has 1 aromatic rings. The fraction of sp³-hybridized carbons (Fsp3) is 0.333. The number of nitrogens with one attached hydrogen (secondary N) is 1. The van der Waals surface area contributed by atoms with Crippen molar-refractivity contribution < 1.29 is 4.79 Å². The van der Waals surface area contributed by atoms with Gasteiger partial charge in [0, 0.05) is 11.6 Å². The Balaban J connectivity index is 2.69. The first-order valence-corrected chi connectivity index (χ1v) is 5.97. The van der Waals surface area contributed by atoms with Gasteiger partial charge in [-0.25, -0.2) is 0 Å². The number of carbonyl (C=O) groups is 1. The van der Waals surface area contributed by atoms with Gasteiger partial charge in [-0.1, -0.05) is 19.1 Å². The van der Waals surface area contributed by atoms with E-state index in [0.717, 1.165) is 12.0 Å². The molecule has 0 fully saturated rings. The Morgan fingerprint density at radius 2 is 2.22 bits per heavy atom. The lowest BCUT2D eigenvalue weighted by Crippen LogP contribution is -2.41. The predicted molar refractivity (Wildman–Crippen MR) is 72.7 cm³/mol. The summed E-state index contributed by atoms with van der Waals surface area (Å²) in [6.45, 7) is 5.99. The van der Waals surface area contributed by atoms with Crippen molar-refractivity contribution in [2.24, 2.45) is 0 Å². The number of nitrogens with zero attached hydrogens (tertiary/aromatic N) is 1. The van der Waals surface area contributed by atoms with Gasteiger partial charge in [-0.2, -0.15) is 5.26 Å². The highest BCUT2D eigenvalue weighted by molar-refractivity contribution is 5.92. The molecule has 3 nitrogen and oxygen atoms in total. The van der Waals surface area contributed by atoms with Gasteiger partial charge in [0.15, 0.2) is 0 Å². The van der Waals surface area contributed by atoms with E-state index in [9.17, 15) is 4.79 Å². The van der Waals surface area contributed by atoms with Crippen molar-refractivity contribution in [1.29, 1.82) is 5.26 Å². The van der Waals surface area contributed by atoms with Gasteiger partial charge in [0.05, 0.1) is 11.6 Å². The molecule has 1 amide bonds. The minimum Gasteiger partial charge on any atom is -0.348 e. The molecular formula is C15H18N2O. The Bertz CT molecular complexity index is 495. The second-order valence-electron chi connectivity index (χ2n) is 4.80. The van der Waals surface area contributed by atoms with Gasteiger partial charge in [-0.3, -0.25) is 4.79 Å². The molecular weight excluding hydrogens is 224 g/mol. The first kappa shape index (κ1) is 14.0. The molecule has 3 heteroatoms. The zero-order valence-electron chi connectivity index (χ0n) is 11.0. The number of nitriles is 1. The van der Waals surface area contributed by atoms with Gasteiger partial charge in [-0.15, -0.1) is 0 Å². The standard InChI is InChI=1S/C15H18N2O/c1-4-15(2,3)17-14(18)9-8-12-6-5-7-13(10-12)11-16/h5-10H,4H2,1-3H3,(H,17,18). The lowest BCUT2D eigenvalue weighted by Gasteiger charge is -2.23. The molecule has 0 bridgehead atoms. The smallest absolute Gasteiger partial charge is 0.244 e. The normalized spacial score (nSPS) is 11.2. The highest BCUT2D eigenvalue weighted by atomic mass is 16.1. The summed E-state index contributed by atoms with van der Waals surface area (Å²) in [4.78, 5) is 11.7. The van der Waals surface area contributed by atoms with Crippen LogP contribution >= 0.6 is 0 Å². The summed E-state index contributed by atoms with van der Waals surface area (Å²) in [5.74, 6) is -0.121. The molecule has 0 saturated carbocycles. The van der Waals surface area contributed by atoms with Crippen LogP contribution in [-0.4, -0.2) is 11.4 Å². The molecule has 1 rings (SSSR count). The monoisotopic (exact) mass is 242 g/mol. The van der Waals surface area contributed by atoms with Gasteiger partial charge in [0.1, 0.15) is 0 Å². The summed E-state index contributed by atoms with van der Waals surface area (Å²) in [5, 5.41) is 11.7.